The monoisotopic (exact) mass is 401 g/mol. The van der Waals surface area contributed by atoms with Crippen LogP contribution in [-0.2, 0) is 11.2 Å². The molecule has 0 saturated heterocycles. The first kappa shape index (κ1) is 21.6. The summed E-state index contributed by atoms with van der Waals surface area (Å²) in [7, 11) is 2.14. The number of rotatable bonds is 4. The van der Waals surface area contributed by atoms with E-state index in [0.717, 1.165) is 35.2 Å². The van der Waals surface area contributed by atoms with E-state index < -0.39 is 0 Å². The summed E-state index contributed by atoms with van der Waals surface area (Å²) in [6.07, 6.45) is 3.59. The van der Waals surface area contributed by atoms with Crippen molar-refractivity contribution in [3.63, 3.8) is 0 Å². The molecule has 3 rings (SSSR count). The molecule has 1 N–H and O–H groups in total. The SMILES string of the molecule is CCc1ccccc1NC(=O)/C(C#N)=C\c1cc2c(cc1C)N(C)C(C)(C)C[C@@H]2C. The highest BCUT2D eigenvalue weighted by atomic mass is 16.1. The Labute approximate surface area is 180 Å². The molecule has 0 saturated carbocycles. The summed E-state index contributed by atoms with van der Waals surface area (Å²) in [5, 5.41) is 12.6. The molecule has 0 aliphatic carbocycles. The van der Waals surface area contributed by atoms with E-state index >= 15 is 0 Å². The van der Waals surface area contributed by atoms with Crippen LogP contribution in [0.25, 0.3) is 6.08 Å². The van der Waals surface area contributed by atoms with Crippen molar-refractivity contribution in [1.29, 1.82) is 5.26 Å². The Morgan fingerprint density at radius 1 is 1.33 bits per heavy atom. The second kappa shape index (κ2) is 8.36. The fraction of sp³-hybridized carbons (Fsp3) is 0.385. The lowest BCUT2D eigenvalue weighted by Gasteiger charge is -2.45. The number of aryl methyl sites for hydroxylation is 2. The van der Waals surface area contributed by atoms with Crippen LogP contribution in [0, 0.1) is 18.3 Å². The zero-order chi connectivity index (χ0) is 22.1. The zero-order valence-corrected chi connectivity index (χ0v) is 18.8. The van der Waals surface area contributed by atoms with Crippen LogP contribution >= 0.6 is 0 Å². The molecule has 4 nitrogen and oxygen atoms in total. The third kappa shape index (κ3) is 4.11. The van der Waals surface area contributed by atoms with E-state index in [1.54, 1.807) is 6.08 Å². The second-order valence-corrected chi connectivity index (χ2v) is 8.88. The van der Waals surface area contributed by atoms with Crippen LogP contribution in [0.15, 0.2) is 42.0 Å². The molecule has 0 fully saturated rings. The van der Waals surface area contributed by atoms with Crippen molar-refractivity contribution >= 4 is 23.4 Å². The minimum absolute atomic E-state index is 0.0978. The minimum atomic E-state index is -0.373. The molecule has 0 aromatic heterocycles. The summed E-state index contributed by atoms with van der Waals surface area (Å²) in [5.74, 6) is 0.0385. The molecule has 2 aromatic rings. The van der Waals surface area contributed by atoms with Crippen LogP contribution in [0.2, 0.25) is 0 Å². The lowest BCUT2D eigenvalue weighted by molar-refractivity contribution is -0.112. The number of carbonyl (C=O) groups excluding carboxylic acids is 1. The molecule has 0 unspecified atom stereocenters. The van der Waals surface area contributed by atoms with Crippen molar-refractivity contribution in [2.24, 2.45) is 0 Å². The molecule has 1 aliphatic heterocycles. The van der Waals surface area contributed by atoms with E-state index in [4.69, 9.17) is 0 Å². The van der Waals surface area contributed by atoms with E-state index in [2.05, 4.69) is 56.2 Å². The number of nitriles is 1. The maximum Gasteiger partial charge on any atom is 0.266 e. The third-order valence-electron chi connectivity index (χ3n) is 6.33. The molecule has 1 heterocycles. The van der Waals surface area contributed by atoms with Crippen molar-refractivity contribution < 1.29 is 4.79 Å². The number of nitrogens with one attached hydrogen (secondary N) is 1. The van der Waals surface area contributed by atoms with Gasteiger partial charge in [0.25, 0.3) is 5.91 Å². The van der Waals surface area contributed by atoms with Gasteiger partial charge in [0.15, 0.2) is 0 Å². The highest BCUT2D eigenvalue weighted by Crippen LogP contribution is 2.43. The smallest absolute Gasteiger partial charge is 0.266 e. The van der Waals surface area contributed by atoms with Crippen molar-refractivity contribution in [2.75, 3.05) is 17.3 Å². The molecule has 4 heteroatoms. The molecule has 30 heavy (non-hydrogen) atoms. The summed E-state index contributed by atoms with van der Waals surface area (Å²) >= 11 is 0. The maximum atomic E-state index is 12.8. The quantitative estimate of drug-likeness (QED) is 0.518. The van der Waals surface area contributed by atoms with Crippen molar-refractivity contribution in [1.82, 2.24) is 0 Å². The van der Waals surface area contributed by atoms with Gasteiger partial charge in [0, 0.05) is 24.0 Å². The second-order valence-electron chi connectivity index (χ2n) is 8.88. The van der Waals surface area contributed by atoms with E-state index in [-0.39, 0.29) is 17.0 Å². The van der Waals surface area contributed by atoms with E-state index in [0.29, 0.717) is 5.92 Å². The Hall–Kier alpha value is -3.06. The average molecular weight is 402 g/mol. The first-order valence-electron chi connectivity index (χ1n) is 10.6. The number of hydrogen-bond donors (Lipinski definition) is 1. The zero-order valence-electron chi connectivity index (χ0n) is 18.8. The average Bonchev–Trinajstić information content (AvgIpc) is 2.71. The Balaban J connectivity index is 1.96. The van der Waals surface area contributed by atoms with E-state index in [9.17, 15) is 10.1 Å². The van der Waals surface area contributed by atoms with Crippen LogP contribution in [0.5, 0.6) is 0 Å². The largest absolute Gasteiger partial charge is 0.369 e. The lowest BCUT2D eigenvalue weighted by Crippen LogP contribution is -2.45. The lowest BCUT2D eigenvalue weighted by atomic mass is 9.79. The molecular formula is C26H31N3O. The molecule has 2 aromatic carbocycles. The van der Waals surface area contributed by atoms with Crippen LogP contribution in [0.3, 0.4) is 0 Å². The van der Waals surface area contributed by atoms with Crippen LogP contribution in [0.4, 0.5) is 11.4 Å². The van der Waals surface area contributed by atoms with Gasteiger partial charge in [-0.3, -0.25) is 4.79 Å². The van der Waals surface area contributed by atoms with Gasteiger partial charge in [0.2, 0.25) is 0 Å². The first-order chi connectivity index (χ1) is 14.2. The number of carbonyl (C=O) groups is 1. The molecule has 1 atom stereocenters. The van der Waals surface area contributed by atoms with Gasteiger partial charge in [-0.25, -0.2) is 0 Å². The summed E-state index contributed by atoms with van der Waals surface area (Å²) in [6, 6.07) is 14.1. The highest BCUT2D eigenvalue weighted by molar-refractivity contribution is 6.10. The molecule has 0 spiro atoms. The van der Waals surface area contributed by atoms with Crippen molar-refractivity contribution in [2.45, 2.75) is 58.9 Å². The van der Waals surface area contributed by atoms with E-state index in [1.807, 2.05) is 38.1 Å². The van der Waals surface area contributed by atoms with Gasteiger partial charge >= 0.3 is 0 Å². The number of fused-ring (bicyclic) bond motifs is 1. The Bertz CT molecular complexity index is 1040. The summed E-state index contributed by atoms with van der Waals surface area (Å²) in [6.45, 7) is 10.9. The fourth-order valence-corrected chi connectivity index (χ4v) is 4.33. The molecule has 1 aliphatic rings. The Morgan fingerprint density at radius 2 is 2.03 bits per heavy atom. The van der Waals surface area contributed by atoms with Gasteiger partial charge in [-0.05, 0) is 86.1 Å². The molecular weight excluding hydrogens is 370 g/mol. The van der Waals surface area contributed by atoms with Gasteiger partial charge in [-0.1, -0.05) is 32.0 Å². The summed E-state index contributed by atoms with van der Waals surface area (Å²) < 4.78 is 0. The first-order valence-corrected chi connectivity index (χ1v) is 10.6. The number of nitrogens with zero attached hydrogens (tertiary/aromatic N) is 2. The number of anilines is 2. The van der Waals surface area contributed by atoms with Crippen LogP contribution < -0.4 is 10.2 Å². The third-order valence-corrected chi connectivity index (χ3v) is 6.33. The van der Waals surface area contributed by atoms with Crippen LogP contribution in [0.1, 0.15) is 62.3 Å². The molecule has 1 amide bonds. The van der Waals surface area contributed by atoms with Crippen molar-refractivity contribution in [3.05, 3.63) is 64.2 Å². The predicted octanol–water partition coefficient (Wildman–Crippen LogP) is 5.83. The number of para-hydroxylation sites is 1. The van der Waals surface area contributed by atoms with Gasteiger partial charge in [-0.15, -0.1) is 0 Å². The molecule has 0 radical (unpaired) electrons. The number of amides is 1. The number of hydrogen-bond acceptors (Lipinski definition) is 3. The summed E-state index contributed by atoms with van der Waals surface area (Å²) in [5.41, 5.74) is 6.49. The normalized spacial score (nSPS) is 17.8. The standard InChI is InChI=1S/C26H31N3O/c1-7-19-10-8-9-11-23(19)28-25(30)21(16-27)13-20-14-22-18(3)15-26(4,5)29(6)24(22)12-17(20)2/h8-14,18H,7,15H2,1-6H3,(H,28,30)/b21-13-/t18-/m0/s1. The van der Waals surface area contributed by atoms with Gasteiger partial charge < -0.3 is 10.2 Å². The summed E-state index contributed by atoms with van der Waals surface area (Å²) in [4.78, 5) is 15.1. The number of benzene rings is 2. The molecule has 0 bridgehead atoms. The van der Waals surface area contributed by atoms with E-state index in [1.165, 1.54) is 11.3 Å². The van der Waals surface area contributed by atoms with Gasteiger partial charge in [-0.2, -0.15) is 5.26 Å². The Kier molecular flexibility index (Phi) is 6.03. The highest BCUT2D eigenvalue weighted by Gasteiger charge is 2.34. The topological polar surface area (TPSA) is 56.1 Å². The predicted molar refractivity (Wildman–Crippen MR) is 125 cm³/mol. The van der Waals surface area contributed by atoms with Crippen molar-refractivity contribution in [3.8, 4) is 6.07 Å². The van der Waals surface area contributed by atoms with Gasteiger partial charge in [0.1, 0.15) is 11.6 Å². The minimum Gasteiger partial charge on any atom is -0.369 e. The molecule has 156 valence electrons. The maximum absolute atomic E-state index is 12.8. The van der Waals surface area contributed by atoms with Crippen LogP contribution in [-0.4, -0.2) is 18.5 Å². The fourth-order valence-electron chi connectivity index (χ4n) is 4.33. The Morgan fingerprint density at radius 3 is 2.70 bits per heavy atom. The van der Waals surface area contributed by atoms with Gasteiger partial charge in [0.05, 0.1) is 0 Å².